The molecule has 0 amide bonds. The van der Waals surface area contributed by atoms with Crippen molar-refractivity contribution in [2.24, 2.45) is 0 Å². The molecule has 15 heavy (non-hydrogen) atoms. The number of rotatable bonds is 2. The summed E-state index contributed by atoms with van der Waals surface area (Å²) >= 11 is 0. The Bertz CT molecular complexity index is 403. The van der Waals surface area contributed by atoms with E-state index < -0.39 is 0 Å². The van der Waals surface area contributed by atoms with Crippen molar-refractivity contribution in [1.29, 1.82) is 5.26 Å². The third kappa shape index (κ3) is 1.73. The number of nitriles is 1. The summed E-state index contributed by atoms with van der Waals surface area (Å²) in [7, 11) is 0. The van der Waals surface area contributed by atoms with Crippen molar-refractivity contribution in [2.45, 2.75) is 18.9 Å². The summed E-state index contributed by atoms with van der Waals surface area (Å²) in [6, 6.07) is 10.4. The van der Waals surface area contributed by atoms with Crippen molar-refractivity contribution < 1.29 is 0 Å². The van der Waals surface area contributed by atoms with Gasteiger partial charge in [0.15, 0.2) is 0 Å². The number of benzene rings is 1. The predicted molar refractivity (Wildman–Crippen MR) is 61.7 cm³/mol. The minimum atomic E-state index is -0.202. The average Bonchev–Trinajstić information content (AvgIpc) is 2.31. The van der Waals surface area contributed by atoms with E-state index in [0.717, 1.165) is 19.4 Å². The zero-order valence-corrected chi connectivity index (χ0v) is 8.69. The second kappa shape index (κ2) is 4.18. The van der Waals surface area contributed by atoms with E-state index >= 15 is 0 Å². The van der Waals surface area contributed by atoms with Crippen LogP contribution in [0.1, 0.15) is 12.0 Å². The molecule has 0 saturated carbocycles. The Hall–Kier alpha value is -1.75. The van der Waals surface area contributed by atoms with Gasteiger partial charge in [0.2, 0.25) is 0 Å². The van der Waals surface area contributed by atoms with Crippen LogP contribution < -0.4 is 4.90 Å². The fourth-order valence-corrected chi connectivity index (χ4v) is 2.10. The van der Waals surface area contributed by atoms with Crippen molar-refractivity contribution in [2.75, 3.05) is 11.4 Å². The van der Waals surface area contributed by atoms with Gasteiger partial charge in [-0.15, -0.1) is 0 Å². The number of hydrogen-bond acceptors (Lipinski definition) is 2. The molecule has 1 heterocycles. The molecule has 0 spiro atoms. The van der Waals surface area contributed by atoms with Gasteiger partial charge >= 0.3 is 0 Å². The standard InChI is InChI=1S/C13H14N2/c1-2-12(10-14)15-9-5-7-11-6-3-4-8-13(11)15/h2-4,6,8,12H,1,5,7,9H2. The van der Waals surface area contributed by atoms with Gasteiger partial charge in [-0.1, -0.05) is 30.9 Å². The fourth-order valence-electron chi connectivity index (χ4n) is 2.10. The van der Waals surface area contributed by atoms with Crippen LogP contribution >= 0.6 is 0 Å². The molecule has 1 unspecified atom stereocenters. The molecule has 1 aromatic rings. The van der Waals surface area contributed by atoms with Crippen molar-refractivity contribution >= 4 is 5.69 Å². The Kier molecular flexibility index (Phi) is 2.73. The maximum Gasteiger partial charge on any atom is 0.135 e. The highest BCUT2D eigenvalue weighted by atomic mass is 15.2. The largest absolute Gasteiger partial charge is 0.352 e. The molecule has 1 atom stereocenters. The van der Waals surface area contributed by atoms with Crippen molar-refractivity contribution in [3.8, 4) is 6.07 Å². The normalized spacial score (nSPS) is 16.3. The Balaban J connectivity index is 2.38. The van der Waals surface area contributed by atoms with Gasteiger partial charge in [0.1, 0.15) is 6.04 Å². The Morgan fingerprint density at radius 3 is 3.00 bits per heavy atom. The highest BCUT2D eigenvalue weighted by molar-refractivity contribution is 5.57. The molecule has 0 aliphatic carbocycles. The SMILES string of the molecule is C=CC(C#N)N1CCCc2ccccc21. The molecule has 0 radical (unpaired) electrons. The number of nitrogens with zero attached hydrogens (tertiary/aromatic N) is 2. The molecule has 0 aromatic heterocycles. The molecule has 0 N–H and O–H groups in total. The summed E-state index contributed by atoms with van der Waals surface area (Å²) in [4.78, 5) is 2.13. The van der Waals surface area contributed by atoms with Gasteiger partial charge in [-0.05, 0) is 24.5 Å². The zero-order valence-electron chi connectivity index (χ0n) is 8.69. The fraction of sp³-hybridized carbons (Fsp3) is 0.308. The van der Waals surface area contributed by atoms with Gasteiger partial charge < -0.3 is 4.90 Å². The molecule has 1 aliphatic heterocycles. The van der Waals surface area contributed by atoms with E-state index in [9.17, 15) is 0 Å². The van der Waals surface area contributed by atoms with E-state index in [1.165, 1.54) is 11.3 Å². The third-order valence-electron chi connectivity index (χ3n) is 2.84. The van der Waals surface area contributed by atoms with Crippen LogP contribution in [0, 0.1) is 11.3 Å². The van der Waals surface area contributed by atoms with Gasteiger partial charge in [-0.25, -0.2) is 0 Å². The lowest BCUT2D eigenvalue weighted by Crippen LogP contribution is -2.36. The third-order valence-corrected chi connectivity index (χ3v) is 2.84. The van der Waals surface area contributed by atoms with E-state index in [1.54, 1.807) is 6.08 Å². The van der Waals surface area contributed by atoms with Crippen molar-refractivity contribution in [3.63, 3.8) is 0 Å². The second-order valence-corrected chi connectivity index (χ2v) is 3.74. The van der Waals surface area contributed by atoms with Crippen molar-refractivity contribution in [3.05, 3.63) is 42.5 Å². The minimum Gasteiger partial charge on any atom is -0.352 e. The quantitative estimate of drug-likeness (QED) is 0.683. The van der Waals surface area contributed by atoms with E-state index in [2.05, 4.69) is 35.7 Å². The van der Waals surface area contributed by atoms with Crippen LogP contribution in [-0.2, 0) is 6.42 Å². The number of hydrogen-bond donors (Lipinski definition) is 0. The first-order chi connectivity index (χ1) is 7.36. The zero-order chi connectivity index (χ0) is 10.7. The first kappa shape index (κ1) is 9.79. The molecule has 1 aliphatic rings. The first-order valence-corrected chi connectivity index (χ1v) is 5.23. The van der Waals surface area contributed by atoms with Crippen molar-refractivity contribution in [1.82, 2.24) is 0 Å². The van der Waals surface area contributed by atoms with Crippen LogP contribution in [-0.4, -0.2) is 12.6 Å². The van der Waals surface area contributed by atoms with Gasteiger partial charge in [-0.2, -0.15) is 5.26 Å². The molecule has 76 valence electrons. The Morgan fingerprint density at radius 1 is 1.47 bits per heavy atom. The van der Waals surface area contributed by atoms with E-state index in [1.807, 2.05) is 6.07 Å². The number of aryl methyl sites for hydroxylation is 1. The lowest BCUT2D eigenvalue weighted by atomic mass is 10.0. The van der Waals surface area contributed by atoms with Crippen LogP contribution in [0.15, 0.2) is 36.9 Å². The minimum absolute atomic E-state index is 0.202. The Morgan fingerprint density at radius 2 is 2.27 bits per heavy atom. The Labute approximate surface area is 90.4 Å². The average molecular weight is 198 g/mol. The summed E-state index contributed by atoms with van der Waals surface area (Å²) in [6.07, 6.45) is 3.94. The smallest absolute Gasteiger partial charge is 0.135 e. The highest BCUT2D eigenvalue weighted by Crippen LogP contribution is 2.28. The summed E-state index contributed by atoms with van der Waals surface area (Å²) in [5, 5.41) is 9.04. The predicted octanol–water partition coefficient (Wildman–Crippen LogP) is 2.52. The van der Waals surface area contributed by atoms with Crippen LogP contribution in [0.3, 0.4) is 0 Å². The number of anilines is 1. The monoisotopic (exact) mass is 198 g/mol. The summed E-state index contributed by atoms with van der Waals surface area (Å²) in [5.74, 6) is 0. The van der Waals surface area contributed by atoms with Gasteiger partial charge in [-0.3, -0.25) is 0 Å². The maximum atomic E-state index is 9.04. The topological polar surface area (TPSA) is 27.0 Å². The van der Waals surface area contributed by atoms with Crippen LogP contribution in [0.25, 0.3) is 0 Å². The molecule has 2 nitrogen and oxygen atoms in total. The second-order valence-electron chi connectivity index (χ2n) is 3.74. The summed E-state index contributed by atoms with van der Waals surface area (Å²) in [6.45, 7) is 4.66. The molecule has 1 aromatic carbocycles. The first-order valence-electron chi connectivity index (χ1n) is 5.23. The van der Waals surface area contributed by atoms with Crippen LogP contribution in [0.5, 0.6) is 0 Å². The summed E-state index contributed by atoms with van der Waals surface area (Å²) < 4.78 is 0. The van der Waals surface area contributed by atoms with Crippen LogP contribution in [0.4, 0.5) is 5.69 Å². The highest BCUT2D eigenvalue weighted by Gasteiger charge is 2.21. The van der Waals surface area contributed by atoms with E-state index in [4.69, 9.17) is 5.26 Å². The van der Waals surface area contributed by atoms with Gasteiger partial charge in [0, 0.05) is 12.2 Å². The van der Waals surface area contributed by atoms with Gasteiger partial charge in [0.25, 0.3) is 0 Å². The van der Waals surface area contributed by atoms with E-state index in [-0.39, 0.29) is 6.04 Å². The van der Waals surface area contributed by atoms with E-state index in [0.29, 0.717) is 0 Å². The number of para-hydroxylation sites is 1. The van der Waals surface area contributed by atoms with Crippen LogP contribution in [0.2, 0.25) is 0 Å². The number of fused-ring (bicyclic) bond motifs is 1. The molecule has 2 rings (SSSR count). The molecular weight excluding hydrogens is 184 g/mol. The summed E-state index contributed by atoms with van der Waals surface area (Å²) in [5.41, 5.74) is 2.53. The van der Waals surface area contributed by atoms with Gasteiger partial charge in [0.05, 0.1) is 6.07 Å². The molecule has 0 saturated heterocycles. The molecule has 0 fully saturated rings. The molecular formula is C13H14N2. The lowest BCUT2D eigenvalue weighted by molar-refractivity contribution is 0.686. The molecule has 2 heteroatoms. The lowest BCUT2D eigenvalue weighted by Gasteiger charge is -2.33. The molecule has 0 bridgehead atoms. The maximum absolute atomic E-state index is 9.04.